The predicted octanol–water partition coefficient (Wildman–Crippen LogP) is 4.22. The smallest absolute Gasteiger partial charge is 0.240 e. The topological polar surface area (TPSA) is 51.1 Å². The van der Waals surface area contributed by atoms with E-state index in [0.717, 1.165) is 11.1 Å². The van der Waals surface area contributed by atoms with E-state index >= 15 is 0 Å². The van der Waals surface area contributed by atoms with Crippen LogP contribution in [0.5, 0.6) is 0 Å². The zero-order valence-electron chi connectivity index (χ0n) is 15.8. The molecular formula is C20H28N2O2S. The number of rotatable bonds is 5. The Balaban J connectivity index is 1.75. The second kappa shape index (κ2) is 6.29. The number of sulfonamides is 1. The van der Waals surface area contributed by atoms with Gasteiger partial charge in [-0.25, -0.2) is 13.1 Å². The summed E-state index contributed by atoms with van der Waals surface area (Å²) in [5.41, 5.74) is 4.57. The van der Waals surface area contributed by atoms with Gasteiger partial charge in [-0.2, -0.15) is 0 Å². The van der Waals surface area contributed by atoms with Crippen LogP contribution in [0, 0.1) is 13.8 Å². The first-order valence-corrected chi connectivity index (χ1v) is 10.4. The quantitative estimate of drug-likeness (QED) is 0.868. The molecule has 3 rings (SSSR count). The highest BCUT2D eigenvalue weighted by molar-refractivity contribution is 7.89. The van der Waals surface area contributed by atoms with Crippen LogP contribution in [0.1, 0.15) is 62.2 Å². The third kappa shape index (κ3) is 3.82. The first-order chi connectivity index (χ1) is 11.6. The van der Waals surface area contributed by atoms with Crippen molar-refractivity contribution in [3.8, 4) is 0 Å². The summed E-state index contributed by atoms with van der Waals surface area (Å²) in [7, 11) is -3.50. The molecule has 1 fully saturated rings. The predicted molar refractivity (Wildman–Crippen MR) is 101 cm³/mol. The van der Waals surface area contributed by atoms with Crippen molar-refractivity contribution in [2.24, 2.45) is 0 Å². The van der Waals surface area contributed by atoms with E-state index in [4.69, 9.17) is 0 Å². The summed E-state index contributed by atoms with van der Waals surface area (Å²) < 4.78 is 30.3. The lowest BCUT2D eigenvalue weighted by molar-refractivity contribution is 0.578. The van der Waals surface area contributed by atoms with Crippen molar-refractivity contribution in [2.75, 3.05) is 0 Å². The largest absolute Gasteiger partial charge is 0.346 e. The van der Waals surface area contributed by atoms with Gasteiger partial charge in [-0.1, -0.05) is 32.9 Å². The molecule has 0 spiro atoms. The third-order valence-electron chi connectivity index (χ3n) is 4.98. The molecule has 25 heavy (non-hydrogen) atoms. The Hall–Kier alpha value is -1.59. The maximum atomic E-state index is 12.6. The van der Waals surface area contributed by atoms with Gasteiger partial charge in [-0.3, -0.25) is 0 Å². The van der Waals surface area contributed by atoms with Crippen molar-refractivity contribution in [2.45, 2.75) is 70.4 Å². The SMILES string of the molecule is Cc1cc(CNS(=O)(=O)c2ccc(C(C)(C)C)cc2)c(C)n1C1CC1. The van der Waals surface area contributed by atoms with Gasteiger partial charge in [0.15, 0.2) is 0 Å². The minimum absolute atomic E-state index is 0.0100. The maximum Gasteiger partial charge on any atom is 0.240 e. The third-order valence-corrected chi connectivity index (χ3v) is 6.40. The molecule has 0 radical (unpaired) electrons. The fourth-order valence-corrected chi connectivity index (χ4v) is 4.32. The molecule has 1 aliphatic carbocycles. The molecule has 0 aliphatic heterocycles. The Bertz CT molecular complexity index is 868. The van der Waals surface area contributed by atoms with Crippen molar-refractivity contribution < 1.29 is 8.42 Å². The molecule has 1 aromatic carbocycles. The van der Waals surface area contributed by atoms with E-state index in [1.807, 2.05) is 12.1 Å². The molecule has 1 N–H and O–H groups in total. The van der Waals surface area contributed by atoms with Gasteiger partial charge in [0, 0.05) is 24.0 Å². The summed E-state index contributed by atoms with van der Waals surface area (Å²) in [6.45, 7) is 10.8. The number of nitrogens with one attached hydrogen (secondary N) is 1. The van der Waals surface area contributed by atoms with Crippen molar-refractivity contribution in [3.63, 3.8) is 0 Å². The molecule has 1 saturated carbocycles. The van der Waals surface area contributed by atoms with Crippen LogP contribution < -0.4 is 4.72 Å². The van der Waals surface area contributed by atoms with E-state index in [1.165, 1.54) is 24.2 Å². The van der Waals surface area contributed by atoms with Crippen LogP contribution in [-0.2, 0) is 22.0 Å². The lowest BCUT2D eigenvalue weighted by atomic mass is 9.87. The molecular weight excluding hydrogens is 332 g/mol. The van der Waals surface area contributed by atoms with Crippen LogP contribution in [0.25, 0.3) is 0 Å². The van der Waals surface area contributed by atoms with E-state index < -0.39 is 10.0 Å². The molecule has 0 amide bonds. The van der Waals surface area contributed by atoms with E-state index in [2.05, 4.69) is 50.0 Å². The number of nitrogens with zero attached hydrogens (tertiary/aromatic N) is 1. The van der Waals surface area contributed by atoms with Gasteiger partial charge >= 0.3 is 0 Å². The summed E-state index contributed by atoms with van der Waals surface area (Å²) in [5.74, 6) is 0. The molecule has 0 bridgehead atoms. The minimum atomic E-state index is -3.50. The molecule has 136 valence electrons. The van der Waals surface area contributed by atoms with E-state index in [0.29, 0.717) is 17.5 Å². The Kier molecular flexibility index (Phi) is 4.58. The average molecular weight is 361 g/mol. The number of aryl methyl sites for hydroxylation is 1. The fourth-order valence-electron chi connectivity index (χ4n) is 3.31. The van der Waals surface area contributed by atoms with Gasteiger partial charge in [-0.15, -0.1) is 0 Å². The molecule has 1 aliphatic rings. The van der Waals surface area contributed by atoms with Gasteiger partial charge in [0.25, 0.3) is 0 Å². The Morgan fingerprint density at radius 3 is 2.24 bits per heavy atom. The number of hydrogen-bond acceptors (Lipinski definition) is 2. The van der Waals surface area contributed by atoms with Gasteiger partial charge in [-0.05, 0) is 61.4 Å². The first-order valence-electron chi connectivity index (χ1n) is 8.87. The molecule has 5 heteroatoms. The van der Waals surface area contributed by atoms with Crippen LogP contribution in [0.3, 0.4) is 0 Å². The van der Waals surface area contributed by atoms with Crippen molar-refractivity contribution in [3.05, 3.63) is 52.8 Å². The van der Waals surface area contributed by atoms with Gasteiger partial charge < -0.3 is 4.57 Å². The molecule has 0 unspecified atom stereocenters. The van der Waals surface area contributed by atoms with Crippen LogP contribution in [0.2, 0.25) is 0 Å². The normalized spacial score (nSPS) is 15.6. The summed E-state index contributed by atoms with van der Waals surface area (Å²) in [4.78, 5) is 0.316. The highest BCUT2D eigenvalue weighted by atomic mass is 32.2. The van der Waals surface area contributed by atoms with Gasteiger partial charge in [0.2, 0.25) is 10.0 Å². The number of aromatic nitrogens is 1. The van der Waals surface area contributed by atoms with E-state index in [9.17, 15) is 8.42 Å². The molecule has 2 aromatic rings. The van der Waals surface area contributed by atoms with Crippen molar-refractivity contribution in [1.82, 2.24) is 9.29 Å². The van der Waals surface area contributed by atoms with Crippen LogP contribution in [-0.4, -0.2) is 13.0 Å². The lowest BCUT2D eigenvalue weighted by Crippen LogP contribution is -2.23. The first kappa shape index (κ1) is 18.2. The second-order valence-corrected chi connectivity index (χ2v) is 9.86. The summed E-state index contributed by atoms with van der Waals surface area (Å²) in [6.07, 6.45) is 2.45. The van der Waals surface area contributed by atoms with Crippen LogP contribution in [0.15, 0.2) is 35.2 Å². The minimum Gasteiger partial charge on any atom is -0.346 e. The zero-order valence-corrected chi connectivity index (χ0v) is 16.6. The maximum absolute atomic E-state index is 12.6. The molecule has 1 heterocycles. The second-order valence-electron chi connectivity index (χ2n) is 8.10. The summed E-state index contributed by atoms with van der Waals surface area (Å²) >= 11 is 0. The lowest BCUT2D eigenvalue weighted by Gasteiger charge is -2.19. The Morgan fingerprint density at radius 1 is 1.12 bits per heavy atom. The van der Waals surface area contributed by atoms with E-state index in [1.54, 1.807) is 12.1 Å². The molecule has 1 aromatic heterocycles. The fraction of sp³-hybridized carbons (Fsp3) is 0.500. The molecule has 0 saturated heterocycles. The summed E-state index contributed by atoms with van der Waals surface area (Å²) in [5, 5.41) is 0. The average Bonchev–Trinajstić information content (AvgIpc) is 3.31. The Labute approximate surface area is 151 Å². The highest BCUT2D eigenvalue weighted by Crippen LogP contribution is 2.38. The van der Waals surface area contributed by atoms with Gasteiger partial charge in [0.05, 0.1) is 4.90 Å². The number of hydrogen-bond donors (Lipinski definition) is 1. The van der Waals surface area contributed by atoms with Gasteiger partial charge in [0.1, 0.15) is 0 Å². The van der Waals surface area contributed by atoms with Crippen LogP contribution >= 0.6 is 0 Å². The molecule has 0 atom stereocenters. The monoisotopic (exact) mass is 360 g/mol. The standard InChI is InChI=1S/C20H28N2O2S/c1-14-12-16(15(2)22(14)18-8-9-18)13-21-25(23,24)19-10-6-17(7-11-19)20(3,4)5/h6-7,10-12,18,21H,8-9,13H2,1-5H3. The van der Waals surface area contributed by atoms with Crippen molar-refractivity contribution >= 4 is 10.0 Å². The number of benzene rings is 1. The highest BCUT2D eigenvalue weighted by Gasteiger charge is 2.27. The zero-order chi connectivity index (χ0) is 18.4. The summed E-state index contributed by atoms with van der Waals surface area (Å²) in [6, 6.07) is 9.88. The Morgan fingerprint density at radius 2 is 1.72 bits per heavy atom. The van der Waals surface area contributed by atoms with E-state index in [-0.39, 0.29) is 5.41 Å². The molecule has 4 nitrogen and oxygen atoms in total. The van der Waals surface area contributed by atoms with Crippen molar-refractivity contribution in [1.29, 1.82) is 0 Å². The van der Waals surface area contributed by atoms with Crippen LogP contribution in [0.4, 0.5) is 0 Å².